The maximum atomic E-state index is 5.18. The van der Waals surface area contributed by atoms with E-state index in [4.69, 9.17) is 12.2 Å². The molecule has 1 aromatic carbocycles. The number of nitrogens with one attached hydrogen (secondary N) is 1. The van der Waals surface area contributed by atoms with E-state index in [1.165, 1.54) is 0 Å². The van der Waals surface area contributed by atoms with Crippen molar-refractivity contribution in [2.75, 3.05) is 0 Å². The summed E-state index contributed by atoms with van der Waals surface area (Å²) in [7, 11) is 0. The van der Waals surface area contributed by atoms with Gasteiger partial charge in [0.1, 0.15) is 0 Å². The molecule has 0 aliphatic heterocycles. The molecule has 13 heavy (non-hydrogen) atoms. The number of imidazole rings is 1. The monoisotopic (exact) mass is 190 g/mol. The zero-order valence-corrected chi connectivity index (χ0v) is 8.19. The van der Waals surface area contributed by atoms with Gasteiger partial charge in [0.2, 0.25) is 0 Å². The fourth-order valence-electron chi connectivity index (χ4n) is 1.43. The van der Waals surface area contributed by atoms with Crippen molar-refractivity contribution >= 4 is 28.9 Å². The number of H-pyrrole nitrogens is 1. The van der Waals surface area contributed by atoms with Gasteiger partial charge in [-0.25, -0.2) is 0 Å². The summed E-state index contributed by atoms with van der Waals surface area (Å²) < 4.78 is 2.64. The van der Waals surface area contributed by atoms with Crippen molar-refractivity contribution in [2.45, 2.75) is 6.92 Å². The van der Waals surface area contributed by atoms with Crippen LogP contribution in [0.15, 0.2) is 30.8 Å². The summed E-state index contributed by atoms with van der Waals surface area (Å²) in [5.41, 5.74) is 3.07. The molecule has 0 spiro atoms. The van der Waals surface area contributed by atoms with Crippen molar-refractivity contribution in [2.24, 2.45) is 0 Å². The van der Waals surface area contributed by atoms with Gasteiger partial charge in [-0.3, -0.25) is 4.57 Å². The average molecular weight is 190 g/mol. The van der Waals surface area contributed by atoms with E-state index in [1.807, 2.05) is 35.8 Å². The molecule has 3 heteroatoms. The van der Waals surface area contributed by atoms with Crippen molar-refractivity contribution in [3.8, 4) is 0 Å². The van der Waals surface area contributed by atoms with Crippen LogP contribution in [-0.4, -0.2) is 9.55 Å². The van der Waals surface area contributed by atoms with Crippen molar-refractivity contribution < 1.29 is 0 Å². The first-order valence-corrected chi connectivity index (χ1v) is 4.46. The molecule has 1 heterocycles. The Bertz CT molecular complexity index is 519. The molecule has 66 valence electrons. The van der Waals surface area contributed by atoms with Crippen LogP contribution in [0.25, 0.3) is 16.7 Å². The first-order valence-electron chi connectivity index (χ1n) is 4.06. The van der Waals surface area contributed by atoms with Gasteiger partial charge in [-0.15, -0.1) is 0 Å². The number of rotatable bonds is 1. The lowest BCUT2D eigenvalue weighted by Gasteiger charge is -2.00. The van der Waals surface area contributed by atoms with Gasteiger partial charge < -0.3 is 4.98 Å². The van der Waals surface area contributed by atoms with Crippen LogP contribution < -0.4 is 0 Å². The van der Waals surface area contributed by atoms with Gasteiger partial charge in [0.15, 0.2) is 4.77 Å². The second kappa shape index (κ2) is 2.85. The number of allylic oxidation sites excluding steroid dienone is 1. The molecule has 0 radical (unpaired) electrons. The third-order valence-corrected chi connectivity index (χ3v) is 2.26. The van der Waals surface area contributed by atoms with E-state index in [9.17, 15) is 0 Å². The molecule has 0 bridgehead atoms. The normalized spacial score (nSPS) is 10.5. The lowest BCUT2D eigenvalue weighted by atomic mass is 10.3. The number of hydrogen-bond acceptors (Lipinski definition) is 1. The van der Waals surface area contributed by atoms with Crippen LogP contribution in [0.2, 0.25) is 0 Å². The fourth-order valence-corrected chi connectivity index (χ4v) is 1.80. The Balaban J connectivity index is 2.95. The SMILES string of the molecule is C=C(C)n1c(=S)[nH]c2ccccc21. The van der Waals surface area contributed by atoms with E-state index in [-0.39, 0.29) is 0 Å². The van der Waals surface area contributed by atoms with E-state index in [2.05, 4.69) is 11.6 Å². The maximum Gasteiger partial charge on any atom is 0.182 e. The molecule has 2 aromatic rings. The van der Waals surface area contributed by atoms with Crippen molar-refractivity contribution in [3.63, 3.8) is 0 Å². The Morgan fingerprint density at radius 1 is 1.46 bits per heavy atom. The molecule has 2 rings (SSSR count). The summed E-state index contributed by atoms with van der Waals surface area (Å²) in [5, 5.41) is 0. The number of fused-ring (bicyclic) bond motifs is 1. The third kappa shape index (κ3) is 1.21. The van der Waals surface area contributed by atoms with Gasteiger partial charge in [0, 0.05) is 5.70 Å². The molecule has 0 amide bonds. The van der Waals surface area contributed by atoms with Gasteiger partial charge in [0.05, 0.1) is 11.0 Å². The van der Waals surface area contributed by atoms with Crippen LogP contribution in [0, 0.1) is 4.77 Å². The van der Waals surface area contributed by atoms with E-state index < -0.39 is 0 Å². The van der Waals surface area contributed by atoms with Gasteiger partial charge in [-0.2, -0.15) is 0 Å². The number of aromatic amines is 1. The topological polar surface area (TPSA) is 20.7 Å². The van der Waals surface area contributed by atoms with Crippen LogP contribution in [0.5, 0.6) is 0 Å². The molecule has 0 unspecified atom stereocenters. The highest BCUT2D eigenvalue weighted by Gasteiger charge is 2.02. The van der Waals surface area contributed by atoms with Crippen molar-refractivity contribution in [1.82, 2.24) is 9.55 Å². The summed E-state index contributed by atoms with van der Waals surface area (Å²) in [5.74, 6) is 0. The Kier molecular flexibility index (Phi) is 1.81. The Labute approximate surface area is 81.5 Å². The Morgan fingerprint density at radius 3 is 2.85 bits per heavy atom. The van der Waals surface area contributed by atoms with E-state index in [1.54, 1.807) is 0 Å². The molecular formula is C10H10N2S. The first-order chi connectivity index (χ1) is 6.20. The molecule has 0 atom stereocenters. The number of nitrogens with zero attached hydrogens (tertiary/aromatic N) is 1. The van der Waals surface area contributed by atoms with Crippen molar-refractivity contribution in [3.05, 3.63) is 35.6 Å². The second-order valence-electron chi connectivity index (χ2n) is 3.02. The Hall–Kier alpha value is -1.35. The minimum Gasteiger partial charge on any atom is -0.330 e. The summed E-state index contributed by atoms with van der Waals surface area (Å²) in [6.07, 6.45) is 0. The van der Waals surface area contributed by atoms with Crippen LogP contribution in [-0.2, 0) is 0 Å². The minimum absolute atomic E-state index is 0.703. The summed E-state index contributed by atoms with van der Waals surface area (Å²) in [4.78, 5) is 3.13. The van der Waals surface area contributed by atoms with Gasteiger partial charge >= 0.3 is 0 Å². The van der Waals surface area contributed by atoms with Crippen LogP contribution in [0.3, 0.4) is 0 Å². The fraction of sp³-hybridized carbons (Fsp3) is 0.100. The quantitative estimate of drug-likeness (QED) is 0.685. The lowest BCUT2D eigenvalue weighted by molar-refractivity contribution is 1.09. The number of para-hydroxylation sites is 2. The molecule has 0 saturated carbocycles. The highest BCUT2D eigenvalue weighted by atomic mass is 32.1. The summed E-state index contributed by atoms with van der Waals surface area (Å²) in [6.45, 7) is 5.83. The predicted octanol–water partition coefficient (Wildman–Crippen LogP) is 3.19. The zero-order chi connectivity index (χ0) is 9.42. The number of aromatic nitrogens is 2. The molecule has 0 aliphatic carbocycles. The number of hydrogen-bond donors (Lipinski definition) is 1. The van der Waals surface area contributed by atoms with Gasteiger partial charge in [-0.1, -0.05) is 18.7 Å². The Morgan fingerprint density at radius 2 is 2.15 bits per heavy atom. The molecule has 2 nitrogen and oxygen atoms in total. The van der Waals surface area contributed by atoms with E-state index >= 15 is 0 Å². The van der Waals surface area contributed by atoms with Crippen LogP contribution in [0.1, 0.15) is 6.92 Å². The largest absolute Gasteiger partial charge is 0.330 e. The lowest BCUT2D eigenvalue weighted by Crippen LogP contribution is -1.90. The highest BCUT2D eigenvalue weighted by Crippen LogP contribution is 2.16. The third-order valence-electron chi connectivity index (χ3n) is 1.97. The molecule has 0 saturated heterocycles. The molecule has 1 N–H and O–H groups in total. The van der Waals surface area contributed by atoms with Gasteiger partial charge in [-0.05, 0) is 31.3 Å². The molecule has 0 aliphatic rings. The molecule has 1 aromatic heterocycles. The van der Waals surface area contributed by atoms with Crippen molar-refractivity contribution in [1.29, 1.82) is 0 Å². The average Bonchev–Trinajstić information content (AvgIpc) is 2.39. The summed E-state index contributed by atoms with van der Waals surface area (Å²) >= 11 is 5.18. The van der Waals surface area contributed by atoms with Crippen LogP contribution >= 0.6 is 12.2 Å². The second-order valence-corrected chi connectivity index (χ2v) is 3.40. The highest BCUT2D eigenvalue weighted by molar-refractivity contribution is 7.71. The minimum atomic E-state index is 0.703. The van der Waals surface area contributed by atoms with Crippen LogP contribution in [0.4, 0.5) is 0 Å². The standard InChI is InChI=1S/C10H10N2S/c1-7(2)12-9-6-4-3-5-8(9)11-10(12)13/h3-6H,1H2,2H3,(H,11,13). The summed E-state index contributed by atoms with van der Waals surface area (Å²) in [6, 6.07) is 8.00. The predicted molar refractivity (Wildman–Crippen MR) is 58.1 cm³/mol. The smallest absolute Gasteiger partial charge is 0.182 e. The molecule has 0 fully saturated rings. The number of benzene rings is 1. The maximum absolute atomic E-state index is 5.18. The van der Waals surface area contributed by atoms with Gasteiger partial charge in [0.25, 0.3) is 0 Å². The van der Waals surface area contributed by atoms with E-state index in [0.717, 1.165) is 16.7 Å². The molecular weight excluding hydrogens is 180 g/mol. The zero-order valence-electron chi connectivity index (χ0n) is 7.37. The van der Waals surface area contributed by atoms with E-state index in [0.29, 0.717) is 4.77 Å². The first kappa shape index (κ1) is 8.26.